The van der Waals surface area contributed by atoms with Crippen molar-refractivity contribution in [2.75, 3.05) is 19.6 Å². The first-order chi connectivity index (χ1) is 19.0. The van der Waals surface area contributed by atoms with Crippen molar-refractivity contribution in [3.8, 4) is 0 Å². The maximum Gasteiger partial charge on any atom is 0.416 e. The number of sulfonamides is 1. The van der Waals surface area contributed by atoms with E-state index in [4.69, 9.17) is 0 Å². The molecule has 0 radical (unpaired) electrons. The summed E-state index contributed by atoms with van der Waals surface area (Å²) in [5.41, 5.74) is -0.390. The summed E-state index contributed by atoms with van der Waals surface area (Å²) in [4.78, 5) is 29.9. The fraction of sp³-hybridized carbons (Fsp3) is 0.308. The molecule has 0 saturated carbocycles. The van der Waals surface area contributed by atoms with Crippen molar-refractivity contribution >= 4 is 27.0 Å². The van der Waals surface area contributed by atoms with Crippen LogP contribution in [0.25, 0.3) is 11.0 Å². The van der Waals surface area contributed by atoms with Crippen molar-refractivity contribution in [1.29, 1.82) is 0 Å². The Morgan fingerprint density at radius 2 is 1.77 bits per heavy atom. The van der Waals surface area contributed by atoms with Gasteiger partial charge in [-0.3, -0.25) is 14.2 Å². The van der Waals surface area contributed by atoms with Gasteiger partial charge >= 0.3 is 6.18 Å². The van der Waals surface area contributed by atoms with Gasteiger partial charge in [-0.1, -0.05) is 12.1 Å². The molecule has 0 atom stereocenters. The molecule has 1 aliphatic rings. The van der Waals surface area contributed by atoms with E-state index in [0.29, 0.717) is 24.2 Å². The van der Waals surface area contributed by atoms with Gasteiger partial charge in [-0.05, 0) is 54.8 Å². The molecule has 40 heavy (non-hydrogen) atoms. The molecule has 1 N–H and O–H groups in total. The Balaban J connectivity index is 1.22. The average Bonchev–Trinajstić information content (AvgIpc) is 3.62. The van der Waals surface area contributed by atoms with E-state index in [-0.39, 0.29) is 35.6 Å². The van der Waals surface area contributed by atoms with E-state index in [1.54, 1.807) is 0 Å². The minimum absolute atomic E-state index is 0.0922. The number of nitrogens with one attached hydrogen (secondary N) is 1. The lowest BCUT2D eigenvalue weighted by Gasteiger charge is -2.15. The summed E-state index contributed by atoms with van der Waals surface area (Å²) in [5.74, 6) is -0.405. The number of carbonyl (C=O) groups is 1. The predicted octanol–water partition coefficient (Wildman–Crippen LogP) is 2.87. The summed E-state index contributed by atoms with van der Waals surface area (Å²) in [6.07, 6.45) is -0.251. The van der Waals surface area contributed by atoms with Crippen LogP contribution in [0.5, 0.6) is 0 Å². The minimum Gasteiger partial charge on any atom is -0.350 e. The minimum atomic E-state index is -4.49. The number of hydrogen-bond donors (Lipinski definition) is 1. The van der Waals surface area contributed by atoms with Gasteiger partial charge in [-0.25, -0.2) is 18.1 Å². The van der Waals surface area contributed by atoms with Gasteiger partial charge in [0.05, 0.1) is 29.7 Å². The van der Waals surface area contributed by atoms with Crippen LogP contribution < -0.4 is 10.9 Å². The van der Waals surface area contributed by atoms with Crippen LogP contribution in [0.1, 0.15) is 34.3 Å². The van der Waals surface area contributed by atoms with Gasteiger partial charge in [-0.15, -0.1) is 0 Å². The van der Waals surface area contributed by atoms with E-state index in [0.717, 1.165) is 25.0 Å². The molecule has 1 saturated heterocycles. The molecule has 3 heterocycles. The molecule has 1 amide bonds. The maximum absolute atomic E-state index is 13.0. The third-order valence-corrected chi connectivity index (χ3v) is 8.57. The SMILES string of the molecule is O=C(NCCn1ncc2c(=O)n(Cc3cccc(C(F)(F)F)c3)cnc21)c1ccc(S(=O)(=O)N2CCCC2)cc1. The molecule has 0 bridgehead atoms. The number of amides is 1. The van der Waals surface area contributed by atoms with Crippen LogP contribution in [0.4, 0.5) is 13.2 Å². The normalized spacial score (nSPS) is 14.6. The summed E-state index contributed by atoms with van der Waals surface area (Å²) in [6, 6.07) is 10.5. The van der Waals surface area contributed by atoms with Crippen LogP contribution in [-0.4, -0.2) is 57.6 Å². The summed E-state index contributed by atoms with van der Waals surface area (Å²) in [5, 5.41) is 7.09. The summed E-state index contributed by atoms with van der Waals surface area (Å²) >= 11 is 0. The molecule has 10 nitrogen and oxygen atoms in total. The zero-order valence-corrected chi connectivity index (χ0v) is 22.0. The molecule has 210 valence electrons. The smallest absolute Gasteiger partial charge is 0.350 e. The lowest BCUT2D eigenvalue weighted by atomic mass is 10.1. The molecule has 5 rings (SSSR count). The van der Waals surface area contributed by atoms with Crippen molar-refractivity contribution in [1.82, 2.24) is 29.0 Å². The van der Waals surface area contributed by atoms with Crippen LogP contribution in [0, 0.1) is 0 Å². The topological polar surface area (TPSA) is 119 Å². The fourth-order valence-corrected chi connectivity index (χ4v) is 6.07. The van der Waals surface area contributed by atoms with Gasteiger partial charge in [0.15, 0.2) is 5.65 Å². The van der Waals surface area contributed by atoms with E-state index in [1.165, 1.54) is 62.5 Å². The quantitative estimate of drug-likeness (QED) is 0.346. The Kier molecular flexibility index (Phi) is 7.47. The molecule has 0 unspecified atom stereocenters. The second kappa shape index (κ2) is 10.8. The molecular weight excluding hydrogens is 549 g/mol. The molecule has 0 aliphatic carbocycles. The molecule has 2 aromatic heterocycles. The molecule has 1 fully saturated rings. The zero-order chi connectivity index (χ0) is 28.5. The van der Waals surface area contributed by atoms with Gasteiger partial charge in [0, 0.05) is 25.2 Å². The Labute approximate surface area is 227 Å². The predicted molar refractivity (Wildman–Crippen MR) is 139 cm³/mol. The zero-order valence-electron chi connectivity index (χ0n) is 21.1. The summed E-state index contributed by atoms with van der Waals surface area (Å²) in [7, 11) is -3.57. The van der Waals surface area contributed by atoms with Crippen molar-refractivity contribution in [2.45, 2.75) is 37.0 Å². The number of benzene rings is 2. The van der Waals surface area contributed by atoms with Crippen LogP contribution >= 0.6 is 0 Å². The molecule has 1 aliphatic heterocycles. The number of alkyl halides is 3. The highest BCUT2D eigenvalue weighted by molar-refractivity contribution is 7.89. The number of nitrogens with zero attached hydrogens (tertiary/aromatic N) is 5. The molecule has 0 spiro atoms. The second-order valence-corrected chi connectivity index (χ2v) is 11.3. The van der Waals surface area contributed by atoms with Crippen LogP contribution in [0.3, 0.4) is 0 Å². The highest BCUT2D eigenvalue weighted by Crippen LogP contribution is 2.29. The van der Waals surface area contributed by atoms with E-state index < -0.39 is 33.2 Å². The highest BCUT2D eigenvalue weighted by Gasteiger charge is 2.30. The standard InChI is InChI=1S/C26H25F3N6O4S/c27-26(28,29)20-5-3-4-18(14-20)16-33-17-31-23-22(25(33)37)15-32-35(23)13-10-30-24(36)19-6-8-21(9-7-19)40(38,39)34-11-1-2-12-34/h3-9,14-15,17H,1-2,10-13,16H2,(H,30,36). The number of fused-ring (bicyclic) bond motifs is 1. The fourth-order valence-electron chi connectivity index (χ4n) is 4.55. The van der Waals surface area contributed by atoms with Crippen molar-refractivity contribution in [3.05, 3.63) is 88.1 Å². The van der Waals surface area contributed by atoms with E-state index in [2.05, 4.69) is 15.4 Å². The van der Waals surface area contributed by atoms with Crippen LogP contribution in [0.15, 0.2) is 70.7 Å². The summed E-state index contributed by atoms with van der Waals surface area (Å²) in [6.45, 7) is 1.24. The number of hydrogen-bond acceptors (Lipinski definition) is 6. The molecular formula is C26H25F3N6O4S. The number of aromatic nitrogens is 4. The van der Waals surface area contributed by atoms with Gasteiger partial charge in [0.25, 0.3) is 11.5 Å². The average molecular weight is 575 g/mol. The van der Waals surface area contributed by atoms with Crippen LogP contribution in [-0.2, 0) is 29.3 Å². The number of halogens is 3. The Hall–Kier alpha value is -4.04. The first-order valence-corrected chi connectivity index (χ1v) is 13.9. The van der Waals surface area contributed by atoms with Gasteiger partial charge in [-0.2, -0.15) is 22.6 Å². The van der Waals surface area contributed by atoms with Crippen molar-refractivity contribution in [3.63, 3.8) is 0 Å². The lowest BCUT2D eigenvalue weighted by Crippen LogP contribution is -2.29. The van der Waals surface area contributed by atoms with E-state index in [9.17, 15) is 31.2 Å². The third kappa shape index (κ3) is 5.63. The second-order valence-electron chi connectivity index (χ2n) is 9.37. The van der Waals surface area contributed by atoms with Gasteiger partial charge < -0.3 is 5.32 Å². The van der Waals surface area contributed by atoms with E-state index in [1.807, 2.05) is 0 Å². The summed E-state index contributed by atoms with van der Waals surface area (Å²) < 4.78 is 68.4. The van der Waals surface area contributed by atoms with E-state index >= 15 is 0 Å². The highest BCUT2D eigenvalue weighted by atomic mass is 32.2. The Morgan fingerprint density at radius 1 is 1.05 bits per heavy atom. The van der Waals surface area contributed by atoms with Gasteiger partial charge in [0.1, 0.15) is 11.7 Å². The van der Waals surface area contributed by atoms with Gasteiger partial charge in [0.2, 0.25) is 10.0 Å². The first-order valence-electron chi connectivity index (χ1n) is 12.5. The maximum atomic E-state index is 13.0. The first kappa shape index (κ1) is 27.5. The largest absolute Gasteiger partial charge is 0.416 e. The molecule has 2 aromatic carbocycles. The lowest BCUT2D eigenvalue weighted by molar-refractivity contribution is -0.137. The third-order valence-electron chi connectivity index (χ3n) is 6.66. The molecule has 4 aromatic rings. The van der Waals surface area contributed by atoms with Crippen LogP contribution in [0.2, 0.25) is 0 Å². The monoisotopic (exact) mass is 574 g/mol. The van der Waals surface area contributed by atoms with Crippen molar-refractivity contribution < 1.29 is 26.4 Å². The Morgan fingerprint density at radius 3 is 2.48 bits per heavy atom. The van der Waals surface area contributed by atoms with Crippen molar-refractivity contribution in [2.24, 2.45) is 0 Å². The number of carbonyl (C=O) groups excluding carboxylic acids is 1. The Bertz CT molecular complexity index is 1710. The number of rotatable bonds is 8. The molecule has 14 heteroatoms.